The second-order valence-corrected chi connectivity index (χ2v) is 7.87. The highest BCUT2D eigenvalue weighted by molar-refractivity contribution is 5.74. The highest BCUT2D eigenvalue weighted by atomic mass is 16.5. The van der Waals surface area contributed by atoms with E-state index >= 15 is 0 Å². The van der Waals surface area contributed by atoms with E-state index in [9.17, 15) is 4.79 Å². The minimum Gasteiger partial charge on any atom is -0.420 e. The number of nitrogens with one attached hydrogen (secondary N) is 1. The Balaban J connectivity index is 1.47. The molecule has 2 aromatic rings. The van der Waals surface area contributed by atoms with Crippen LogP contribution in [0.3, 0.4) is 0 Å². The Morgan fingerprint density at radius 3 is 2.87 bits per heavy atom. The summed E-state index contributed by atoms with van der Waals surface area (Å²) in [4.78, 5) is 18.7. The van der Waals surface area contributed by atoms with Crippen molar-refractivity contribution in [3.05, 3.63) is 30.4 Å². The average Bonchev–Trinajstić information content (AvgIpc) is 3.40. The zero-order chi connectivity index (χ0) is 20.8. The van der Waals surface area contributed by atoms with Crippen molar-refractivity contribution in [3.63, 3.8) is 0 Å². The van der Waals surface area contributed by atoms with Crippen LogP contribution < -0.4 is 5.32 Å². The lowest BCUT2D eigenvalue weighted by atomic mass is 9.72. The molecule has 1 spiro atoms. The zero-order valence-corrected chi connectivity index (χ0v) is 17.4. The number of urea groups is 1. The molecule has 0 saturated carbocycles. The molecule has 2 amide bonds. The number of likely N-dealkylation sites (tertiary alicyclic amines) is 1. The molecule has 2 saturated heterocycles. The molecule has 162 valence electrons. The highest BCUT2D eigenvalue weighted by Crippen LogP contribution is 2.49. The van der Waals surface area contributed by atoms with Crippen LogP contribution in [0.25, 0.3) is 11.5 Å². The van der Waals surface area contributed by atoms with E-state index in [-0.39, 0.29) is 17.4 Å². The van der Waals surface area contributed by atoms with E-state index in [0.717, 1.165) is 24.8 Å². The quantitative estimate of drug-likeness (QED) is 0.693. The SMILES string of the molecule is CCOCCCNC(=O)N1CC(c2nnc(-c3ccncc3)o2)C2(CCOCC2)C1. The van der Waals surface area contributed by atoms with E-state index < -0.39 is 0 Å². The fourth-order valence-corrected chi connectivity index (χ4v) is 4.36. The van der Waals surface area contributed by atoms with Crippen molar-refractivity contribution in [2.24, 2.45) is 5.41 Å². The summed E-state index contributed by atoms with van der Waals surface area (Å²) >= 11 is 0. The first-order valence-corrected chi connectivity index (χ1v) is 10.6. The molecular weight excluding hydrogens is 386 g/mol. The van der Waals surface area contributed by atoms with Crippen LogP contribution in [0.1, 0.15) is 38.0 Å². The Morgan fingerprint density at radius 1 is 1.30 bits per heavy atom. The van der Waals surface area contributed by atoms with E-state index in [1.807, 2.05) is 24.0 Å². The average molecular weight is 415 g/mol. The molecule has 1 atom stereocenters. The molecular formula is C21H29N5O4. The van der Waals surface area contributed by atoms with Gasteiger partial charge in [0.15, 0.2) is 0 Å². The molecule has 4 heterocycles. The monoisotopic (exact) mass is 415 g/mol. The van der Waals surface area contributed by atoms with Crippen molar-refractivity contribution in [3.8, 4) is 11.5 Å². The number of ether oxygens (including phenoxy) is 2. The van der Waals surface area contributed by atoms with E-state index in [1.165, 1.54) is 0 Å². The van der Waals surface area contributed by atoms with Crippen molar-refractivity contribution in [1.29, 1.82) is 0 Å². The van der Waals surface area contributed by atoms with Gasteiger partial charge in [-0.2, -0.15) is 0 Å². The van der Waals surface area contributed by atoms with Gasteiger partial charge in [0.05, 0.1) is 5.92 Å². The van der Waals surface area contributed by atoms with Crippen LogP contribution in [-0.4, -0.2) is 72.2 Å². The Hall–Kier alpha value is -2.52. The van der Waals surface area contributed by atoms with Crippen molar-refractivity contribution < 1.29 is 18.7 Å². The van der Waals surface area contributed by atoms with Crippen LogP contribution in [0, 0.1) is 5.41 Å². The molecule has 0 aromatic carbocycles. The number of hydrogen-bond donors (Lipinski definition) is 1. The normalized spacial score (nSPS) is 20.6. The number of rotatable bonds is 7. The summed E-state index contributed by atoms with van der Waals surface area (Å²) in [5, 5.41) is 11.6. The van der Waals surface area contributed by atoms with Crippen molar-refractivity contribution in [2.45, 2.75) is 32.1 Å². The molecule has 9 heteroatoms. The third kappa shape index (κ3) is 4.46. The second-order valence-electron chi connectivity index (χ2n) is 7.87. The van der Waals surface area contributed by atoms with Crippen LogP contribution in [0.5, 0.6) is 0 Å². The largest absolute Gasteiger partial charge is 0.420 e. The van der Waals surface area contributed by atoms with Gasteiger partial charge < -0.3 is 24.1 Å². The van der Waals surface area contributed by atoms with Crippen LogP contribution in [0.4, 0.5) is 4.79 Å². The van der Waals surface area contributed by atoms with Crippen molar-refractivity contribution >= 4 is 6.03 Å². The van der Waals surface area contributed by atoms with Gasteiger partial charge in [-0.3, -0.25) is 4.98 Å². The molecule has 2 fully saturated rings. The Morgan fingerprint density at radius 2 is 2.10 bits per heavy atom. The molecule has 2 aromatic heterocycles. The molecule has 4 rings (SSSR count). The smallest absolute Gasteiger partial charge is 0.317 e. The first kappa shape index (κ1) is 20.7. The fraction of sp³-hybridized carbons (Fsp3) is 0.619. The third-order valence-corrected chi connectivity index (χ3v) is 6.04. The maximum Gasteiger partial charge on any atom is 0.317 e. The second kappa shape index (κ2) is 9.53. The summed E-state index contributed by atoms with van der Waals surface area (Å²) < 4.78 is 17.0. The predicted molar refractivity (Wildman–Crippen MR) is 109 cm³/mol. The maximum absolute atomic E-state index is 12.8. The number of nitrogens with zero attached hydrogens (tertiary/aromatic N) is 4. The van der Waals surface area contributed by atoms with Gasteiger partial charge in [0.25, 0.3) is 0 Å². The molecule has 0 radical (unpaired) electrons. The highest BCUT2D eigenvalue weighted by Gasteiger charge is 2.51. The molecule has 2 aliphatic rings. The number of carbonyl (C=O) groups excluding carboxylic acids is 1. The first-order chi connectivity index (χ1) is 14.7. The number of amides is 2. The Kier molecular flexibility index (Phi) is 6.59. The van der Waals surface area contributed by atoms with Gasteiger partial charge in [-0.15, -0.1) is 10.2 Å². The lowest BCUT2D eigenvalue weighted by molar-refractivity contribution is 0.0102. The lowest BCUT2D eigenvalue weighted by Gasteiger charge is -2.36. The fourth-order valence-electron chi connectivity index (χ4n) is 4.36. The summed E-state index contributed by atoms with van der Waals surface area (Å²) in [6.45, 7) is 6.52. The molecule has 30 heavy (non-hydrogen) atoms. The summed E-state index contributed by atoms with van der Waals surface area (Å²) in [5.74, 6) is 1.07. The van der Waals surface area contributed by atoms with Gasteiger partial charge in [-0.25, -0.2) is 4.79 Å². The number of aromatic nitrogens is 3. The van der Waals surface area contributed by atoms with E-state index in [1.54, 1.807) is 12.4 Å². The molecule has 1 unspecified atom stereocenters. The van der Waals surface area contributed by atoms with Crippen LogP contribution in [-0.2, 0) is 9.47 Å². The molecule has 0 bridgehead atoms. The minimum absolute atomic E-state index is 0.00124. The lowest BCUT2D eigenvalue weighted by Crippen LogP contribution is -2.41. The number of hydrogen-bond acceptors (Lipinski definition) is 7. The summed E-state index contributed by atoms with van der Waals surface area (Å²) in [6.07, 6.45) is 5.95. The van der Waals surface area contributed by atoms with Crippen LogP contribution in [0.15, 0.2) is 28.9 Å². The first-order valence-electron chi connectivity index (χ1n) is 10.6. The number of carbonyl (C=O) groups is 1. The predicted octanol–water partition coefficient (Wildman–Crippen LogP) is 2.46. The third-order valence-electron chi connectivity index (χ3n) is 6.04. The van der Waals surface area contributed by atoms with Gasteiger partial charge in [0.1, 0.15) is 0 Å². The van der Waals surface area contributed by atoms with Crippen molar-refractivity contribution in [1.82, 2.24) is 25.4 Å². The molecule has 9 nitrogen and oxygen atoms in total. The Bertz CT molecular complexity index is 822. The molecule has 1 N–H and O–H groups in total. The van der Waals surface area contributed by atoms with Crippen LogP contribution in [0.2, 0.25) is 0 Å². The van der Waals surface area contributed by atoms with Gasteiger partial charge in [-0.05, 0) is 38.3 Å². The molecule has 0 aliphatic carbocycles. The van der Waals surface area contributed by atoms with E-state index in [0.29, 0.717) is 57.8 Å². The zero-order valence-electron chi connectivity index (χ0n) is 17.4. The van der Waals surface area contributed by atoms with Gasteiger partial charge in [0.2, 0.25) is 11.8 Å². The van der Waals surface area contributed by atoms with Crippen molar-refractivity contribution in [2.75, 3.05) is 46.1 Å². The topological polar surface area (TPSA) is 103 Å². The minimum atomic E-state index is -0.0943. The maximum atomic E-state index is 12.8. The van der Waals surface area contributed by atoms with Gasteiger partial charge >= 0.3 is 6.03 Å². The summed E-state index contributed by atoms with van der Waals surface area (Å²) in [6, 6.07) is 3.64. The molecule has 2 aliphatic heterocycles. The standard InChI is InChI=1S/C21H29N5O4/c1-2-28-11-3-8-23-20(27)26-14-17(21(15-26)6-12-29-13-7-21)19-25-24-18(30-19)16-4-9-22-10-5-16/h4-5,9-10,17H,2-3,6-8,11-15H2,1H3,(H,23,27). The van der Waals surface area contributed by atoms with Gasteiger partial charge in [-0.1, -0.05) is 0 Å². The summed E-state index contributed by atoms with van der Waals surface area (Å²) in [5.41, 5.74) is 0.745. The van der Waals surface area contributed by atoms with E-state index in [4.69, 9.17) is 13.9 Å². The van der Waals surface area contributed by atoms with Gasteiger partial charge in [0, 0.05) is 69.4 Å². The number of pyridine rings is 1. The summed E-state index contributed by atoms with van der Waals surface area (Å²) in [7, 11) is 0. The van der Waals surface area contributed by atoms with Crippen LogP contribution >= 0.6 is 0 Å². The Labute approximate surface area is 176 Å². The van der Waals surface area contributed by atoms with E-state index in [2.05, 4.69) is 20.5 Å².